The zero-order valence-electron chi connectivity index (χ0n) is 21.9. The van der Waals surface area contributed by atoms with Gasteiger partial charge in [0.1, 0.15) is 4.83 Å². The van der Waals surface area contributed by atoms with Crippen LogP contribution in [0.4, 0.5) is 4.39 Å². The first-order chi connectivity index (χ1) is 18.9. The molecule has 6 heterocycles. The molecule has 0 saturated carbocycles. The van der Waals surface area contributed by atoms with Crippen LogP contribution in [0.5, 0.6) is 6.01 Å². The number of terminal acetylenes is 1. The van der Waals surface area contributed by atoms with E-state index < -0.39 is 0 Å². The lowest BCUT2D eigenvalue weighted by Gasteiger charge is -2.11. The van der Waals surface area contributed by atoms with Crippen molar-refractivity contribution in [2.75, 3.05) is 20.2 Å². The Morgan fingerprint density at radius 2 is 2.18 bits per heavy atom. The number of methoxy groups -OCH3 is 1. The van der Waals surface area contributed by atoms with E-state index >= 15 is 0 Å². The number of aromatic amines is 1. The van der Waals surface area contributed by atoms with Crippen LogP contribution in [-0.4, -0.2) is 57.0 Å². The SMILES string of the molecule is C#Cc1csc2cc3[nH]ncc3c(C(=N)c3sc4nc(OC)nc(C)c4c3C)c12.F/C=C1/CC2CCCN2C1. The maximum atomic E-state index is 12.0. The number of rotatable bonds is 3. The van der Waals surface area contributed by atoms with Crippen molar-refractivity contribution in [2.24, 2.45) is 0 Å². The van der Waals surface area contributed by atoms with Gasteiger partial charge in [-0.25, -0.2) is 4.39 Å². The fourth-order valence-electron chi connectivity index (χ4n) is 5.77. The van der Waals surface area contributed by atoms with Gasteiger partial charge in [-0.3, -0.25) is 15.4 Å². The van der Waals surface area contributed by atoms with Crippen molar-refractivity contribution in [3.63, 3.8) is 0 Å². The minimum atomic E-state index is 0.334. The zero-order chi connectivity index (χ0) is 27.3. The molecule has 2 N–H and O–H groups in total. The Hall–Kier alpha value is -3.65. The summed E-state index contributed by atoms with van der Waals surface area (Å²) >= 11 is 3.05. The first kappa shape index (κ1) is 25.6. The number of thiophene rings is 2. The molecule has 0 spiro atoms. The molecule has 2 saturated heterocycles. The average Bonchev–Trinajstić information content (AvgIpc) is 3.75. The van der Waals surface area contributed by atoms with Crippen LogP contribution in [0, 0.1) is 31.6 Å². The number of aryl methyl sites for hydroxylation is 2. The molecular formula is C29H27FN6OS2. The van der Waals surface area contributed by atoms with Crippen molar-refractivity contribution in [1.82, 2.24) is 25.1 Å². The van der Waals surface area contributed by atoms with E-state index in [4.69, 9.17) is 16.6 Å². The van der Waals surface area contributed by atoms with Crippen molar-refractivity contribution in [2.45, 2.75) is 39.2 Å². The third kappa shape index (κ3) is 4.31. The Kier molecular flexibility index (Phi) is 6.67. The van der Waals surface area contributed by atoms with E-state index in [0.717, 1.165) is 83.3 Å². The lowest BCUT2D eigenvalue weighted by atomic mass is 9.96. The molecule has 39 heavy (non-hydrogen) atoms. The third-order valence-electron chi connectivity index (χ3n) is 7.61. The lowest BCUT2D eigenvalue weighted by Crippen LogP contribution is -2.21. The summed E-state index contributed by atoms with van der Waals surface area (Å²) in [6.07, 6.45) is 11.9. The molecular weight excluding hydrogens is 531 g/mol. The Morgan fingerprint density at radius 3 is 2.92 bits per heavy atom. The second-order valence-corrected chi connectivity index (χ2v) is 11.8. The summed E-state index contributed by atoms with van der Waals surface area (Å²) in [5.41, 5.74) is 5.71. The van der Waals surface area contributed by atoms with Gasteiger partial charge in [-0.1, -0.05) is 5.92 Å². The van der Waals surface area contributed by atoms with Crippen LogP contribution in [-0.2, 0) is 0 Å². The predicted octanol–water partition coefficient (Wildman–Crippen LogP) is 6.51. The van der Waals surface area contributed by atoms with E-state index in [2.05, 4.69) is 31.0 Å². The minimum absolute atomic E-state index is 0.334. The highest BCUT2D eigenvalue weighted by Crippen LogP contribution is 2.39. The van der Waals surface area contributed by atoms with Crippen molar-refractivity contribution in [1.29, 1.82) is 5.41 Å². The van der Waals surface area contributed by atoms with Gasteiger partial charge in [0.25, 0.3) is 0 Å². The highest BCUT2D eigenvalue weighted by Gasteiger charge is 2.31. The first-order valence-corrected chi connectivity index (χ1v) is 14.4. The number of fused-ring (bicyclic) bond motifs is 4. The van der Waals surface area contributed by atoms with E-state index in [-0.39, 0.29) is 0 Å². The summed E-state index contributed by atoms with van der Waals surface area (Å²) in [6.45, 7) is 6.01. The second kappa shape index (κ2) is 10.2. The van der Waals surface area contributed by atoms with Gasteiger partial charge in [0.15, 0.2) is 0 Å². The highest BCUT2D eigenvalue weighted by molar-refractivity contribution is 7.21. The van der Waals surface area contributed by atoms with Gasteiger partial charge in [-0.15, -0.1) is 29.1 Å². The average molecular weight is 559 g/mol. The van der Waals surface area contributed by atoms with Crippen molar-refractivity contribution >= 4 is 59.6 Å². The Morgan fingerprint density at radius 1 is 1.33 bits per heavy atom. The molecule has 1 atom stereocenters. The minimum Gasteiger partial charge on any atom is -0.467 e. The summed E-state index contributed by atoms with van der Waals surface area (Å²) in [7, 11) is 1.55. The van der Waals surface area contributed by atoms with Crippen LogP contribution in [0.15, 0.2) is 29.5 Å². The monoisotopic (exact) mass is 558 g/mol. The quantitative estimate of drug-likeness (QED) is 0.195. The number of nitrogens with one attached hydrogen (secondary N) is 2. The van der Waals surface area contributed by atoms with Gasteiger partial charge in [-0.2, -0.15) is 15.1 Å². The maximum absolute atomic E-state index is 12.0. The summed E-state index contributed by atoms with van der Waals surface area (Å²) in [4.78, 5) is 12.9. The molecule has 2 aliphatic rings. The van der Waals surface area contributed by atoms with Gasteiger partial charge < -0.3 is 4.74 Å². The molecule has 7 nitrogen and oxygen atoms in total. The number of ether oxygens (including phenoxy) is 1. The molecule has 5 aromatic rings. The van der Waals surface area contributed by atoms with Crippen LogP contribution in [0.3, 0.4) is 0 Å². The highest BCUT2D eigenvalue weighted by atomic mass is 32.1. The van der Waals surface area contributed by atoms with Gasteiger partial charge in [-0.05, 0) is 56.9 Å². The molecule has 4 aromatic heterocycles. The fraction of sp³-hybridized carbons (Fsp3) is 0.310. The summed E-state index contributed by atoms with van der Waals surface area (Å²) < 4.78 is 18.3. The summed E-state index contributed by atoms with van der Waals surface area (Å²) in [6, 6.07) is 3.06. The lowest BCUT2D eigenvalue weighted by molar-refractivity contribution is 0.327. The second-order valence-electron chi connectivity index (χ2n) is 9.89. The molecule has 0 aliphatic carbocycles. The van der Waals surface area contributed by atoms with E-state index in [1.54, 1.807) is 24.6 Å². The molecule has 198 valence electrons. The van der Waals surface area contributed by atoms with Crippen LogP contribution in [0.25, 0.3) is 31.2 Å². The fourth-order valence-corrected chi connectivity index (χ4v) is 7.90. The van der Waals surface area contributed by atoms with Gasteiger partial charge in [0.05, 0.1) is 41.4 Å². The number of benzene rings is 1. The van der Waals surface area contributed by atoms with Crippen LogP contribution in [0.2, 0.25) is 0 Å². The summed E-state index contributed by atoms with van der Waals surface area (Å²) in [5.74, 6) is 2.77. The van der Waals surface area contributed by atoms with Gasteiger partial charge in [0, 0.05) is 50.0 Å². The molecule has 2 aliphatic heterocycles. The standard InChI is InChI=1S/C21H15N5OS2.C8H12FN/c1-5-11-8-28-14-6-13-12(7-23-26-13)17(16(11)14)18(22)19-9(2)15-10(3)24-21(27-4)25-20(15)29-19;9-5-7-4-8-2-1-3-10(8)6-7/h1,6-8,22H,2-4H3,(H,23,26);5,8H,1-4,6H2/b;7-5-. The first-order valence-electron chi connectivity index (χ1n) is 12.7. The maximum Gasteiger partial charge on any atom is 0.317 e. The van der Waals surface area contributed by atoms with Crippen LogP contribution in [0.1, 0.15) is 46.5 Å². The Labute approximate surface area is 233 Å². The number of halogens is 1. The smallest absolute Gasteiger partial charge is 0.317 e. The van der Waals surface area contributed by atoms with Crippen molar-refractivity contribution < 1.29 is 9.13 Å². The van der Waals surface area contributed by atoms with E-state index in [1.165, 1.54) is 30.7 Å². The number of nitrogens with zero attached hydrogens (tertiary/aromatic N) is 4. The zero-order valence-corrected chi connectivity index (χ0v) is 23.5. The largest absolute Gasteiger partial charge is 0.467 e. The number of hydrogen-bond donors (Lipinski definition) is 2. The molecule has 7 rings (SSSR count). The van der Waals surface area contributed by atoms with Crippen LogP contribution < -0.4 is 4.74 Å². The van der Waals surface area contributed by atoms with Gasteiger partial charge >= 0.3 is 6.01 Å². The number of H-pyrrole nitrogens is 1. The number of hydrogen-bond acceptors (Lipinski definition) is 8. The number of aromatic nitrogens is 4. The topological polar surface area (TPSA) is 90.8 Å². The Bertz CT molecular complexity index is 1810. The molecule has 1 unspecified atom stereocenters. The molecule has 0 bridgehead atoms. The molecule has 0 amide bonds. The molecule has 1 aromatic carbocycles. The van der Waals surface area contributed by atoms with Gasteiger partial charge in [0.2, 0.25) is 0 Å². The van der Waals surface area contributed by atoms with E-state index in [0.29, 0.717) is 17.8 Å². The third-order valence-corrected chi connectivity index (χ3v) is 9.74. The van der Waals surface area contributed by atoms with Crippen molar-refractivity contribution in [3.05, 3.63) is 56.8 Å². The van der Waals surface area contributed by atoms with Crippen molar-refractivity contribution in [3.8, 4) is 18.4 Å². The normalized spacial score (nSPS) is 18.0. The Balaban J connectivity index is 0.000000231. The summed E-state index contributed by atoms with van der Waals surface area (Å²) in [5, 5.41) is 21.1. The molecule has 10 heteroatoms. The van der Waals surface area contributed by atoms with E-state index in [1.807, 2.05) is 25.3 Å². The molecule has 0 radical (unpaired) electrons. The van der Waals surface area contributed by atoms with E-state index in [9.17, 15) is 4.39 Å². The molecule has 2 fully saturated rings. The van der Waals surface area contributed by atoms with Crippen LogP contribution >= 0.6 is 22.7 Å². The predicted molar refractivity (Wildman–Crippen MR) is 157 cm³/mol.